The average Bonchev–Trinajstić information content (AvgIpc) is 2.79. The van der Waals surface area contributed by atoms with Crippen molar-refractivity contribution in [3.8, 4) is 0 Å². The van der Waals surface area contributed by atoms with E-state index in [1.165, 1.54) is 0 Å². The maximum Gasteiger partial charge on any atom is 0.128 e. The smallest absolute Gasteiger partial charge is 0.128 e. The first kappa shape index (κ1) is 12.4. The molecule has 0 bridgehead atoms. The molecule has 1 aromatic rings. The van der Waals surface area contributed by atoms with Crippen molar-refractivity contribution in [2.24, 2.45) is 0 Å². The number of halogens is 1. The van der Waals surface area contributed by atoms with Crippen molar-refractivity contribution in [1.29, 1.82) is 0 Å². The molecule has 17 heavy (non-hydrogen) atoms. The largest absolute Gasteiger partial charge is 0.370 e. The maximum absolute atomic E-state index is 13.5. The second-order valence-corrected chi connectivity index (χ2v) is 4.82. The molecule has 1 aromatic carbocycles. The number of hydrogen-bond donors (Lipinski definition) is 1. The van der Waals surface area contributed by atoms with E-state index in [0.29, 0.717) is 11.6 Å². The van der Waals surface area contributed by atoms with Crippen molar-refractivity contribution in [2.75, 3.05) is 24.5 Å². The molecule has 1 aliphatic rings. The Balaban J connectivity index is 1.97. The Morgan fingerprint density at radius 3 is 3.00 bits per heavy atom. The van der Waals surface area contributed by atoms with Gasteiger partial charge in [0.15, 0.2) is 0 Å². The molecule has 1 N–H and O–H groups in total. The summed E-state index contributed by atoms with van der Waals surface area (Å²) in [5.41, 5.74) is 1.72. The molecule has 0 spiro atoms. The molecule has 2 rings (SSSR count). The topological polar surface area (TPSA) is 15.3 Å². The van der Waals surface area contributed by atoms with E-state index in [9.17, 15) is 4.39 Å². The zero-order valence-electron chi connectivity index (χ0n) is 10.7. The van der Waals surface area contributed by atoms with Gasteiger partial charge < -0.3 is 10.2 Å². The van der Waals surface area contributed by atoms with Crippen LogP contribution in [0.25, 0.3) is 0 Å². The number of aryl methyl sites for hydroxylation is 1. The summed E-state index contributed by atoms with van der Waals surface area (Å²) in [5.74, 6) is -0.104. The van der Waals surface area contributed by atoms with Crippen LogP contribution in [-0.2, 0) is 0 Å². The molecule has 1 heterocycles. The molecule has 1 aliphatic heterocycles. The first-order chi connectivity index (χ1) is 8.20. The van der Waals surface area contributed by atoms with E-state index in [2.05, 4.69) is 17.1 Å². The van der Waals surface area contributed by atoms with Crippen LogP contribution in [0.5, 0.6) is 0 Å². The summed E-state index contributed by atoms with van der Waals surface area (Å²) in [4.78, 5) is 2.26. The summed E-state index contributed by atoms with van der Waals surface area (Å²) >= 11 is 0. The molecule has 1 atom stereocenters. The molecule has 1 fully saturated rings. The van der Waals surface area contributed by atoms with Crippen molar-refractivity contribution in [3.05, 3.63) is 29.6 Å². The fourth-order valence-corrected chi connectivity index (χ4v) is 2.29. The van der Waals surface area contributed by atoms with Crippen LogP contribution in [0, 0.1) is 12.7 Å². The van der Waals surface area contributed by atoms with Gasteiger partial charge in [0.25, 0.3) is 0 Å². The Morgan fingerprint density at radius 1 is 1.47 bits per heavy atom. The molecule has 3 heteroatoms. The van der Waals surface area contributed by atoms with Gasteiger partial charge in [0, 0.05) is 24.8 Å². The van der Waals surface area contributed by atoms with Gasteiger partial charge in [-0.25, -0.2) is 4.39 Å². The minimum atomic E-state index is -0.104. The van der Waals surface area contributed by atoms with Gasteiger partial charge in [-0.3, -0.25) is 0 Å². The summed E-state index contributed by atoms with van der Waals surface area (Å²) in [6.45, 7) is 7.05. The minimum absolute atomic E-state index is 0.104. The average molecular weight is 236 g/mol. The molecule has 0 saturated carbocycles. The van der Waals surface area contributed by atoms with E-state index in [4.69, 9.17) is 0 Å². The lowest BCUT2D eigenvalue weighted by Crippen LogP contribution is -2.32. The van der Waals surface area contributed by atoms with Gasteiger partial charge in [-0.05, 0) is 44.0 Å². The van der Waals surface area contributed by atoms with E-state index >= 15 is 0 Å². The monoisotopic (exact) mass is 236 g/mol. The first-order valence-electron chi connectivity index (χ1n) is 6.45. The summed E-state index contributed by atoms with van der Waals surface area (Å²) in [7, 11) is 0. The molecule has 1 unspecified atom stereocenters. The quantitative estimate of drug-likeness (QED) is 0.864. The molecule has 1 saturated heterocycles. The van der Waals surface area contributed by atoms with Crippen LogP contribution in [0.2, 0.25) is 0 Å². The third kappa shape index (κ3) is 2.97. The van der Waals surface area contributed by atoms with Gasteiger partial charge in [-0.2, -0.15) is 0 Å². The van der Waals surface area contributed by atoms with Crippen LogP contribution in [0.4, 0.5) is 10.1 Å². The van der Waals surface area contributed by atoms with Crippen LogP contribution in [0.15, 0.2) is 18.2 Å². The number of nitrogens with one attached hydrogen (secondary N) is 1. The van der Waals surface area contributed by atoms with Gasteiger partial charge in [0.2, 0.25) is 0 Å². The van der Waals surface area contributed by atoms with Crippen molar-refractivity contribution in [2.45, 2.75) is 32.7 Å². The zero-order valence-corrected chi connectivity index (χ0v) is 10.7. The van der Waals surface area contributed by atoms with Crippen molar-refractivity contribution in [3.63, 3.8) is 0 Å². The third-order valence-corrected chi connectivity index (χ3v) is 3.39. The summed E-state index contributed by atoms with van der Waals surface area (Å²) in [5, 5.41) is 3.52. The second-order valence-electron chi connectivity index (χ2n) is 4.82. The second kappa shape index (κ2) is 5.50. The maximum atomic E-state index is 13.5. The van der Waals surface area contributed by atoms with Crippen LogP contribution >= 0.6 is 0 Å². The van der Waals surface area contributed by atoms with Crippen molar-refractivity contribution < 1.29 is 4.39 Å². The standard InChI is InChI=1S/C14H21FN2/c1-3-7-16-12-6-8-17(10-12)13-5-4-11(2)14(15)9-13/h4-5,9,12,16H,3,6-8,10H2,1-2H3. The highest BCUT2D eigenvalue weighted by Gasteiger charge is 2.22. The van der Waals surface area contributed by atoms with Gasteiger partial charge >= 0.3 is 0 Å². The van der Waals surface area contributed by atoms with E-state index in [1.54, 1.807) is 13.0 Å². The molecular weight excluding hydrogens is 215 g/mol. The van der Waals surface area contributed by atoms with E-state index in [-0.39, 0.29) is 5.82 Å². The highest BCUT2D eigenvalue weighted by Crippen LogP contribution is 2.22. The molecule has 0 aliphatic carbocycles. The first-order valence-corrected chi connectivity index (χ1v) is 6.45. The predicted octanol–water partition coefficient (Wildman–Crippen LogP) is 2.71. The number of nitrogens with zero attached hydrogens (tertiary/aromatic N) is 1. The minimum Gasteiger partial charge on any atom is -0.370 e. The van der Waals surface area contributed by atoms with E-state index in [0.717, 1.165) is 38.2 Å². The van der Waals surface area contributed by atoms with Crippen LogP contribution in [0.3, 0.4) is 0 Å². The lowest BCUT2D eigenvalue weighted by molar-refractivity contribution is 0.549. The summed E-state index contributed by atoms with van der Waals surface area (Å²) in [6.07, 6.45) is 2.31. The van der Waals surface area contributed by atoms with E-state index in [1.807, 2.05) is 12.1 Å². The Bertz CT molecular complexity index is 378. The van der Waals surface area contributed by atoms with E-state index < -0.39 is 0 Å². The molecule has 0 amide bonds. The fourth-order valence-electron chi connectivity index (χ4n) is 2.29. The number of rotatable bonds is 4. The third-order valence-electron chi connectivity index (χ3n) is 3.39. The zero-order chi connectivity index (χ0) is 12.3. The van der Waals surface area contributed by atoms with Crippen molar-refractivity contribution >= 4 is 5.69 Å². The van der Waals surface area contributed by atoms with Crippen LogP contribution < -0.4 is 10.2 Å². The predicted molar refractivity (Wildman–Crippen MR) is 70.0 cm³/mol. The van der Waals surface area contributed by atoms with Crippen LogP contribution in [0.1, 0.15) is 25.3 Å². The number of hydrogen-bond acceptors (Lipinski definition) is 2. The van der Waals surface area contributed by atoms with Crippen molar-refractivity contribution in [1.82, 2.24) is 5.32 Å². The van der Waals surface area contributed by atoms with Gasteiger partial charge in [-0.15, -0.1) is 0 Å². The Kier molecular flexibility index (Phi) is 4.00. The lowest BCUT2D eigenvalue weighted by atomic mass is 10.2. The van der Waals surface area contributed by atoms with Gasteiger partial charge in [0.1, 0.15) is 5.82 Å². The molecule has 0 aromatic heterocycles. The Labute approximate surface area is 103 Å². The van der Waals surface area contributed by atoms with Crippen LogP contribution in [-0.4, -0.2) is 25.7 Å². The fraction of sp³-hybridized carbons (Fsp3) is 0.571. The Hall–Kier alpha value is -1.09. The van der Waals surface area contributed by atoms with Gasteiger partial charge in [0.05, 0.1) is 0 Å². The molecule has 0 radical (unpaired) electrons. The number of benzene rings is 1. The van der Waals surface area contributed by atoms with Gasteiger partial charge in [-0.1, -0.05) is 13.0 Å². The summed E-state index contributed by atoms with van der Waals surface area (Å²) in [6, 6.07) is 6.08. The molecular formula is C14H21FN2. The lowest BCUT2D eigenvalue weighted by Gasteiger charge is -2.19. The molecule has 94 valence electrons. The SMILES string of the molecule is CCCNC1CCN(c2ccc(C)c(F)c2)C1. The Morgan fingerprint density at radius 2 is 2.29 bits per heavy atom. The highest BCUT2D eigenvalue weighted by molar-refractivity contribution is 5.49. The summed E-state index contributed by atoms with van der Waals surface area (Å²) < 4.78 is 13.5. The number of anilines is 1. The highest BCUT2D eigenvalue weighted by atomic mass is 19.1. The normalized spacial score (nSPS) is 19.9. The molecule has 2 nitrogen and oxygen atoms in total.